The fraction of sp³-hybridized carbons (Fsp3) is 0.944. The minimum Gasteiger partial charge on any atom is -0.383 e. The molecular formula is C18H33N3O2. The summed E-state index contributed by atoms with van der Waals surface area (Å²) in [5.74, 6) is 3.08. The number of ether oxygens (including phenoxy) is 1. The zero-order valence-corrected chi connectivity index (χ0v) is 14.7. The molecule has 2 bridgehead atoms. The topological polar surface area (TPSA) is 53.6 Å². The quantitative estimate of drug-likeness (QED) is 0.754. The van der Waals surface area contributed by atoms with Gasteiger partial charge in [-0.25, -0.2) is 4.79 Å². The largest absolute Gasteiger partial charge is 0.383 e. The van der Waals surface area contributed by atoms with Gasteiger partial charge in [-0.3, -0.25) is 0 Å². The molecule has 3 rings (SSSR count). The molecule has 5 nitrogen and oxygen atoms in total. The van der Waals surface area contributed by atoms with Crippen LogP contribution in [-0.2, 0) is 4.74 Å². The number of carbonyl (C=O) groups excluding carboxylic acids is 1. The van der Waals surface area contributed by atoms with Crippen LogP contribution in [0.25, 0.3) is 0 Å². The second-order valence-electron chi connectivity index (χ2n) is 7.93. The molecule has 1 saturated heterocycles. The van der Waals surface area contributed by atoms with Crippen molar-refractivity contribution in [2.45, 2.75) is 45.1 Å². The van der Waals surface area contributed by atoms with Crippen LogP contribution in [0.2, 0.25) is 0 Å². The Morgan fingerprint density at radius 1 is 1.30 bits per heavy atom. The molecule has 2 saturated carbocycles. The Labute approximate surface area is 140 Å². The molecule has 5 atom stereocenters. The van der Waals surface area contributed by atoms with Gasteiger partial charge in [0.25, 0.3) is 0 Å². The third-order valence-electron chi connectivity index (χ3n) is 6.33. The van der Waals surface area contributed by atoms with E-state index in [0.29, 0.717) is 17.9 Å². The van der Waals surface area contributed by atoms with Gasteiger partial charge in [0.15, 0.2) is 0 Å². The van der Waals surface area contributed by atoms with E-state index in [9.17, 15) is 4.79 Å². The summed E-state index contributed by atoms with van der Waals surface area (Å²) in [5.41, 5.74) is 0. The van der Waals surface area contributed by atoms with Crippen molar-refractivity contribution in [3.8, 4) is 0 Å². The second-order valence-corrected chi connectivity index (χ2v) is 7.93. The fourth-order valence-corrected chi connectivity index (χ4v) is 5.01. The average Bonchev–Trinajstić information content (AvgIpc) is 3.27. The van der Waals surface area contributed by atoms with Gasteiger partial charge in [0, 0.05) is 32.8 Å². The second kappa shape index (κ2) is 7.84. The number of nitrogens with zero attached hydrogens (tertiary/aromatic N) is 1. The highest BCUT2D eigenvalue weighted by molar-refractivity contribution is 5.74. The molecule has 2 N–H and O–H groups in total. The molecule has 0 radical (unpaired) electrons. The number of fused-ring (bicyclic) bond motifs is 2. The lowest BCUT2D eigenvalue weighted by molar-refractivity contribution is 0.159. The van der Waals surface area contributed by atoms with Crippen LogP contribution < -0.4 is 10.6 Å². The minimum atomic E-state index is 0.0237. The normalized spacial score (nSPS) is 34.7. The summed E-state index contributed by atoms with van der Waals surface area (Å²) >= 11 is 0. The summed E-state index contributed by atoms with van der Waals surface area (Å²) in [7, 11) is 1.75. The van der Waals surface area contributed by atoms with Crippen molar-refractivity contribution < 1.29 is 9.53 Å². The first-order valence-electron chi connectivity index (χ1n) is 9.41. The lowest BCUT2D eigenvalue weighted by atomic mass is 9.84. The molecule has 1 heterocycles. The molecule has 5 unspecified atom stereocenters. The lowest BCUT2D eigenvalue weighted by Crippen LogP contribution is -2.46. The molecule has 3 fully saturated rings. The molecule has 0 aromatic rings. The molecule has 23 heavy (non-hydrogen) atoms. The van der Waals surface area contributed by atoms with E-state index in [2.05, 4.69) is 22.5 Å². The van der Waals surface area contributed by atoms with E-state index < -0.39 is 0 Å². The van der Waals surface area contributed by atoms with Crippen molar-refractivity contribution >= 4 is 6.03 Å². The van der Waals surface area contributed by atoms with E-state index in [1.807, 2.05) is 0 Å². The maximum atomic E-state index is 12.2. The fourth-order valence-electron chi connectivity index (χ4n) is 5.01. The van der Waals surface area contributed by atoms with E-state index in [1.165, 1.54) is 32.1 Å². The molecule has 0 spiro atoms. The predicted octanol–water partition coefficient (Wildman–Crippen LogP) is 2.08. The van der Waals surface area contributed by atoms with Crippen molar-refractivity contribution in [2.24, 2.45) is 23.7 Å². The van der Waals surface area contributed by atoms with Gasteiger partial charge >= 0.3 is 6.03 Å². The number of methoxy groups -OCH3 is 1. The van der Waals surface area contributed by atoms with Crippen LogP contribution in [0, 0.1) is 23.7 Å². The van der Waals surface area contributed by atoms with Gasteiger partial charge in [-0.05, 0) is 62.8 Å². The highest BCUT2D eigenvalue weighted by Gasteiger charge is 2.42. The van der Waals surface area contributed by atoms with E-state index in [-0.39, 0.29) is 6.03 Å². The Bertz CT molecular complexity index is 404. The maximum absolute atomic E-state index is 12.2. The van der Waals surface area contributed by atoms with Crippen molar-refractivity contribution in [3.05, 3.63) is 0 Å². The van der Waals surface area contributed by atoms with Crippen LogP contribution >= 0.6 is 0 Å². The summed E-state index contributed by atoms with van der Waals surface area (Å²) in [6, 6.07) is 0.336. The van der Waals surface area contributed by atoms with E-state index in [4.69, 9.17) is 4.74 Å². The van der Waals surface area contributed by atoms with Crippen molar-refractivity contribution in [2.75, 3.05) is 39.9 Å². The number of rotatable bonds is 7. The molecule has 1 aliphatic heterocycles. The van der Waals surface area contributed by atoms with Crippen LogP contribution in [0.15, 0.2) is 0 Å². The minimum absolute atomic E-state index is 0.0237. The monoisotopic (exact) mass is 323 g/mol. The highest BCUT2D eigenvalue weighted by atomic mass is 16.5. The van der Waals surface area contributed by atoms with Crippen molar-refractivity contribution in [1.82, 2.24) is 15.5 Å². The van der Waals surface area contributed by atoms with Gasteiger partial charge < -0.3 is 20.3 Å². The van der Waals surface area contributed by atoms with Crippen LogP contribution in [0.5, 0.6) is 0 Å². The first-order valence-corrected chi connectivity index (χ1v) is 9.41. The molecule has 5 heteroatoms. The van der Waals surface area contributed by atoms with Crippen LogP contribution in [0.1, 0.15) is 39.0 Å². The summed E-state index contributed by atoms with van der Waals surface area (Å²) < 4.78 is 5.13. The molecule has 0 aromatic heterocycles. The highest BCUT2D eigenvalue weighted by Crippen LogP contribution is 2.49. The molecule has 2 amide bonds. The standard InChI is InChI=1S/C18H33N3O2/c1-13(17-10-14-3-4-16(17)9-14)20-18(22)19-11-15-5-6-21(12-15)7-8-23-2/h13-17H,3-12H2,1-2H3,(H2,19,20,22). The molecule has 132 valence electrons. The molecule has 3 aliphatic rings. The third-order valence-corrected chi connectivity index (χ3v) is 6.33. The Balaban J connectivity index is 1.32. The van der Waals surface area contributed by atoms with Crippen LogP contribution in [0.3, 0.4) is 0 Å². The number of urea groups is 1. The Hall–Kier alpha value is -0.810. The zero-order valence-electron chi connectivity index (χ0n) is 14.7. The van der Waals surface area contributed by atoms with Gasteiger partial charge in [-0.15, -0.1) is 0 Å². The first-order chi connectivity index (χ1) is 11.2. The summed E-state index contributed by atoms with van der Waals surface area (Å²) in [6.07, 6.45) is 6.69. The average molecular weight is 323 g/mol. The number of hydrogen-bond donors (Lipinski definition) is 2. The SMILES string of the molecule is COCCN1CCC(CNC(=O)NC(C)C2CC3CCC2C3)C1. The predicted molar refractivity (Wildman–Crippen MR) is 91.4 cm³/mol. The number of likely N-dealkylation sites (tertiary alicyclic amines) is 1. The number of carbonyl (C=O) groups is 1. The summed E-state index contributed by atoms with van der Waals surface area (Å²) in [6.45, 7) is 6.97. The van der Waals surface area contributed by atoms with E-state index in [1.54, 1.807) is 7.11 Å². The zero-order chi connectivity index (χ0) is 16.2. The Kier molecular flexibility index (Phi) is 5.81. The van der Waals surface area contributed by atoms with Gasteiger partial charge in [0.1, 0.15) is 0 Å². The van der Waals surface area contributed by atoms with E-state index in [0.717, 1.165) is 44.6 Å². The molecular weight excluding hydrogens is 290 g/mol. The lowest BCUT2D eigenvalue weighted by Gasteiger charge is -2.28. The third kappa shape index (κ3) is 4.38. The van der Waals surface area contributed by atoms with E-state index >= 15 is 0 Å². The number of nitrogens with one attached hydrogen (secondary N) is 2. The smallest absolute Gasteiger partial charge is 0.315 e. The van der Waals surface area contributed by atoms with Crippen LogP contribution in [0.4, 0.5) is 4.79 Å². The first kappa shape index (κ1) is 17.0. The molecule has 2 aliphatic carbocycles. The van der Waals surface area contributed by atoms with Gasteiger partial charge in [-0.2, -0.15) is 0 Å². The molecule has 0 aromatic carbocycles. The Morgan fingerprint density at radius 2 is 2.17 bits per heavy atom. The summed E-state index contributed by atoms with van der Waals surface area (Å²) in [4.78, 5) is 14.6. The van der Waals surface area contributed by atoms with Gasteiger partial charge in [-0.1, -0.05) is 6.42 Å². The maximum Gasteiger partial charge on any atom is 0.315 e. The van der Waals surface area contributed by atoms with Crippen molar-refractivity contribution in [1.29, 1.82) is 0 Å². The number of hydrogen-bond acceptors (Lipinski definition) is 3. The number of amides is 2. The van der Waals surface area contributed by atoms with Crippen molar-refractivity contribution in [3.63, 3.8) is 0 Å². The van der Waals surface area contributed by atoms with Crippen LogP contribution in [-0.4, -0.2) is 56.9 Å². The summed E-state index contributed by atoms with van der Waals surface area (Å²) in [5, 5.41) is 6.28. The van der Waals surface area contributed by atoms with Gasteiger partial charge in [0.2, 0.25) is 0 Å². The van der Waals surface area contributed by atoms with Gasteiger partial charge in [0.05, 0.1) is 6.61 Å². The Morgan fingerprint density at radius 3 is 2.87 bits per heavy atom.